The number of rotatable bonds is 3. The lowest BCUT2D eigenvalue weighted by molar-refractivity contribution is 0.518. The number of nitrogens with zero attached hydrogens (tertiary/aromatic N) is 2. The van der Waals surface area contributed by atoms with Gasteiger partial charge >= 0.3 is 0 Å². The molecule has 1 aromatic heterocycles. The molecule has 3 nitrogen and oxygen atoms in total. The van der Waals surface area contributed by atoms with Gasteiger partial charge in [-0.05, 0) is 19.4 Å². The molecule has 1 aliphatic rings. The predicted molar refractivity (Wildman–Crippen MR) is 52.5 cm³/mol. The maximum absolute atomic E-state index is 5.47. The second-order valence-corrected chi connectivity index (χ2v) is 3.79. The van der Waals surface area contributed by atoms with Crippen molar-refractivity contribution in [2.45, 2.75) is 38.1 Å². The minimum atomic E-state index is 0.696. The lowest BCUT2D eigenvalue weighted by Crippen LogP contribution is -2.03. The van der Waals surface area contributed by atoms with Gasteiger partial charge in [-0.3, -0.25) is 0 Å². The SMILES string of the molecule is NCCc1cn(C2CCCC2)cn1. The molecule has 0 aromatic carbocycles. The minimum absolute atomic E-state index is 0.696. The summed E-state index contributed by atoms with van der Waals surface area (Å²) in [6, 6.07) is 0.707. The Morgan fingerprint density at radius 2 is 2.23 bits per heavy atom. The van der Waals surface area contributed by atoms with E-state index in [9.17, 15) is 0 Å². The average molecular weight is 179 g/mol. The first-order valence-electron chi connectivity index (χ1n) is 5.12. The van der Waals surface area contributed by atoms with Gasteiger partial charge in [0.05, 0.1) is 12.0 Å². The van der Waals surface area contributed by atoms with Gasteiger partial charge in [0, 0.05) is 18.7 Å². The summed E-state index contributed by atoms with van der Waals surface area (Å²) >= 11 is 0. The minimum Gasteiger partial charge on any atom is -0.334 e. The summed E-state index contributed by atoms with van der Waals surface area (Å²) in [5.41, 5.74) is 6.61. The van der Waals surface area contributed by atoms with Crippen LogP contribution in [0, 0.1) is 0 Å². The summed E-state index contributed by atoms with van der Waals surface area (Å²) in [6.45, 7) is 0.696. The number of nitrogens with two attached hydrogens (primary N) is 1. The van der Waals surface area contributed by atoms with E-state index in [0.717, 1.165) is 12.1 Å². The van der Waals surface area contributed by atoms with Gasteiger partial charge in [0.25, 0.3) is 0 Å². The number of hydrogen-bond acceptors (Lipinski definition) is 2. The second kappa shape index (κ2) is 3.92. The smallest absolute Gasteiger partial charge is 0.0951 e. The van der Waals surface area contributed by atoms with Crippen LogP contribution in [0.15, 0.2) is 12.5 Å². The van der Waals surface area contributed by atoms with E-state index >= 15 is 0 Å². The van der Waals surface area contributed by atoms with Crippen LogP contribution >= 0.6 is 0 Å². The molecule has 1 saturated carbocycles. The van der Waals surface area contributed by atoms with E-state index in [-0.39, 0.29) is 0 Å². The fourth-order valence-corrected chi connectivity index (χ4v) is 2.06. The molecule has 1 heterocycles. The molecule has 0 spiro atoms. The van der Waals surface area contributed by atoms with Gasteiger partial charge in [0.1, 0.15) is 0 Å². The Morgan fingerprint density at radius 3 is 2.92 bits per heavy atom. The average Bonchev–Trinajstić information content (AvgIpc) is 2.70. The highest BCUT2D eigenvalue weighted by atomic mass is 15.1. The van der Waals surface area contributed by atoms with Crippen molar-refractivity contribution in [2.75, 3.05) is 6.54 Å². The molecular formula is C10H17N3. The van der Waals surface area contributed by atoms with Crippen LogP contribution in [0.1, 0.15) is 37.4 Å². The number of aromatic nitrogens is 2. The summed E-state index contributed by atoms with van der Waals surface area (Å²) in [7, 11) is 0. The summed E-state index contributed by atoms with van der Waals surface area (Å²) < 4.78 is 2.26. The van der Waals surface area contributed by atoms with Crippen LogP contribution in [0.4, 0.5) is 0 Å². The molecule has 0 bridgehead atoms. The monoisotopic (exact) mass is 179 g/mol. The van der Waals surface area contributed by atoms with E-state index in [1.54, 1.807) is 0 Å². The van der Waals surface area contributed by atoms with Crippen LogP contribution in [-0.4, -0.2) is 16.1 Å². The Hall–Kier alpha value is -0.830. The van der Waals surface area contributed by atoms with Gasteiger partial charge < -0.3 is 10.3 Å². The zero-order valence-corrected chi connectivity index (χ0v) is 7.95. The lowest BCUT2D eigenvalue weighted by Gasteiger charge is -2.09. The van der Waals surface area contributed by atoms with E-state index in [2.05, 4.69) is 15.7 Å². The highest BCUT2D eigenvalue weighted by Crippen LogP contribution is 2.29. The third-order valence-corrected chi connectivity index (χ3v) is 2.80. The van der Waals surface area contributed by atoms with Crippen LogP contribution in [0.5, 0.6) is 0 Å². The Bertz CT molecular complexity index is 261. The maximum Gasteiger partial charge on any atom is 0.0951 e. The van der Waals surface area contributed by atoms with Crippen molar-refractivity contribution in [1.82, 2.24) is 9.55 Å². The first-order chi connectivity index (χ1) is 6.40. The summed E-state index contributed by atoms with van der Waals surface area (Å²) in [6.07, 6.45) is 10.4. The van der Waals surface area contributed by atoms with Crippen LogP contribution in [0.25, 0.3) is 0 Å². The summed E-state index contributed by atoms with van der Waals surface area (Å²) in [5.74, 6) is 0. The molecule has 2 N–H and O–H groups in total. The van der Waals surface area contributed by atoms with Gasteiger partial charge in [0.15, 0.2) is 0 Å². The van der Waals surface area contributed by atoms with Gasteiger partial charge in [0.2, 0.25) is 0 Å². The van der Waals surface area contributed by atoms with Crippen LogP contribution in [-0.2, 0) is 6.42 Å². The van der Waals surface area contributed by atoms with Gasteiger partial charge in [-0.1, -0.05) is 12.8 Å². The summed E-state index contributed by atoms with van der Waals surface area (Å²) in [5, 5.41) is 0. The molecule has 0 atom stereocenters. The van der Waals surface area contributed by atoms with Crippen molar-refractivity contribution in [1.29, 1.82) is 0 Å². The Labute approximate surface area is 79.0 Å². The van der Waals surface area contributed by atoms with Crippen molar-refractivity contribution in [3.63, 3.8) is 0 Å². The maximum atomic E-state index is 5.47. The quantitative estimate of drug-likeness (QED) is 0.764. The van der Waals surface area contributed by atoms with E-state index in [0.29, 0.717) is 12.6 Å². The second-order valence-electron chi connectivity index (χ2n) is 3.79. The number of imidazole rings is 1. The fraction of sp³-hybridized carbons (Fsp3) is 0.700. The van der Waals surface area contributed by atoms with Crippen molar-refractivity contribution >= 4 is 0 Å². The zero-order valence-electron chi connectivity index (χ0n) is 7.95. The highest BCUT2D eigenvalue weighted by Gasteiger charge is 2.16. The molecule has 13 heavy (non-hydrogen) atoms. The molecule has 0 saturated heterocycles. The van der Waals surface area contributed by atoms with Crippen LogP contribution in [0.3, 0.4) is 0 Å². The van der Waals surface area contributed by atoms with Gasteiger partial charge in [-0.15, -0.1) is 0 Å². The predicted octanol–water partition coefficient (Wildman–Crippen LogP) is 1.50. The zero-order chi connectivity index (χ0) is 9.10. The molecule has 72 valence electrons. The fourth-order valence-electron chi connectivity index (χ4n) is 2.06. The molecule has 0 amide bonds. The van der Waals surface area contributed by atoms with Crippen LogP contribution in [0.2, 0.25) is 0 Å². The first-order valence-corrected chi connectivity index (χ1v) is 5.12. The topological polar surface area (TPSA) is 43.8 Å². The molecule has 1 aromatic rings. The third-order valence-electron chi connectivity index (χ3n) is 2.80. The van der Waals surface area contributed by atoms with Crippen LogP contribution < -0.4 is 5.73 Å². The molecule has 0 aliphatic heterocycles. The Morgan fingerprint density at radius 1 is 1.46 bits per heavy atom. The molecular weight excluding hydrogens is 162 g/mol. The van der Waals surface area contributed by atoms with Gasteiger partial charge in [-0.25, -0.2) is 4.98 Å². The standard InChI is InChI=1S/C10H17N3/c11-6-5-9-7-13(8-12-9)10-3-1-2-4-10/h7-8,10H,1-6,11H2. The van der Waals surface area contributed by atoms with Crippen molar-refractivity contribution in [3.8, 4) is 0 Å². The number of hydrogen-bond donors (Lipinski definition) is 1. The molecule has 3 heteroatoms. The molecule has 0 radical (unpaired) electrons. The van der Waals surface area contributed by atoms with Gasteiger partial charge in [-0.2, -0.15) is 0 Å². The molecule has 1 fully saturated rings. The Balaban J connectivity index is 2.03. The van der Waals surface area contributed by atoms with Crippen molar-refractivity contribution in [2.24, 2.45) is 5.73 Å². The summed E-state index contributed by atoms with van der Waals surface area (Å²) in [4.78, 5) is 4.33. The largest absolute Gasteiger partial charge is 0.334 e. The van der Waals surface area contributed by atoms with Crippen molar-refractivity contribution in [3.05, 3.63) is 18.2 Å². The lowest BCUT2D eigenvalue weighted by atomic mass is 10.2. The van der Waals surface area contributed by atoms with Crippen molar-refractivity contribution < 1.29 is 0 Å². The normalized spacial score (nSPS) is 18.2. The highest BCUT2D eigenvalue weighted by molar-refractivity contribution is 4.99. The molecule has 2 rings (SSSR count). The third kappa shape index (κ3) is 1.91. The molecule has 0 unspecified atom stereocenters. The van der Waals surface area contributed by atoms with E-state index in [1.165, 1.54) is 25.7 Å². The molecule has 1 aliphatic carbocycles. The first kappa shape index (κ1) is 8.75. The Kier molecular flexibility index (Phi) is 2.64. The van der Waals surface area contributed by atoms with E-state index in [1.807, 2.05) is 6.33 Å². The van der Waals surface area contributed by atoms with E-state index in [4.69, 9.17) is 5.73 Å². The van der Waals surface area contributed by atoms with E-state index < -0.39 is 0 Å².